The molecule has 6 nitrogen and oxygen atoms in total. The van der Waals surface area contributed by atoms with Gasteiger partial charge in [-0.3, -0.25) is 0 Å². The van der Waals surface area contributed by atoms with Crippen LogP contribution in [0.15, 0.2) is 34.2 Å². The molecule has 0 aliphatic carbocycles. The minimum absolute atomic E-state index is 0.301. The SMILES string of the molecule is CN(C)C(=NCc1ccccc1S(=O)(=O)N(C)C)N(C)C. The maximum Gasteiger partial charge on any atom is 0.242 e. The van der Waals surface area contributed by atoms with Crippen LogP contribution in [0.5, 0.6) is 0 Å². The number of hydrogen-bond acceptors (Lipinski definition) is 3. The second kappa shape index (κ2) is 6.91. The van der Waals surface area contributed by atoms with Crippen molar-refractivity contribution in [3.63, 3.8) is 0 Å². The molecule has 1 aromatic carbocycles. The van der Waals surface area contributed by atoms with Gasteiger partial charge in [-0.05, 0) is 11.6 Å². The number of aliphatic imine (C=N–C) groups is 1. The predicted octanol–water partition coefficient (Wildman–Crippen LogP) is 0.916. The van der Waals surface area contributed by atoms with Gasteiger partial charge in [0.25, 0.3) is 0 Å². The largest absolute Gasteiger partial charge is 0.349 e. The molecule has 0 aliphatic rings. The highest BCUT2D eigenvalue weighted by Crippen LogP contribution is 2.19. The van der Waals surface area contributed by atoms with Crippen LogP contribution in [0, 0.1) is 0 Å². The van der Waals surface area contributed by atoms with Gasteiger partial charge in [-0.25, -0.2) is 17.7 Å². The Kier molecular flexibility index (Phi) is 5.74. The van der Waals surface area contributed by atoms with E-state index in [-0.39, 0.29) is 0 Å². The minimum atomic E-state index is -3.46. The van der Waals surface area contributed by atoms with E-state index < -0.39 is 10.0 Å². The van der Waals surface area contributed by atoms with Gasteiger partial charge in [0.15, 0.2) is 5.96 Å². The maximum atomic E-state index is 12.3. The summed E-state index contributed by atoms with van der Waals surface area (Å²) in [4.78, 5) is 8.60. The zero-order chi connectivity index (χ0) is 16.2. The fourth-order valence-corrected chi connectivity index (χ4v) is 3.03. The summed E-state index contributed by atoms with van der Waals surface area (Å²) >= 11 is 0. The fourth-order valence-electron chi connectivity index (χ4n) is 1.92. The lowest BCUT2D eigenvalue weighted by Crippen LogP contribution is -2.35. The van der Waals surface area contributed by atoms with E-state index in [0.29, 0.717) is 17.0 Å². The first-order valence-electron chi connectivity index (χ1n) is 6.57. The number of rotatable bonds is 4. The third kappa shape index (κ3) is 4.18. The van der Waals surface area contributed by atoms with Crippen molar-refractivity contribution in [1.82, 2.24) is 14.1 Å². The molecule has 0 aromatic heterocycles. The van der Waals surface area contributed by atoms with Crippen LogP contribution in [0.2, 0.25) is 0 Å². The van der Waals surface area contributed by atoms with Crippen molar-refractivity contribution in [2.24, 2.45) is 4.99 Å². The van der Waals surface area contributed by atoms with Crippen LogP contribution in [0.4, 0.5) is 0 Å². The number of sulfonamides is 1. The molecule has 0 heterocycles. The summed E-state index contributed by atoms with van der Waals surface area (Å²) in [6.45, 7) is 0.314. The van der Waals surface area contributed by atoms with Gasteiger partial charge in [-0.1, -0.05) is 18.2 Å². The van der Waals surface area contributed by atoms with Crippen molar-refractivity contribution in [1.29, 1.82) is 0 Å². The second-order valence-corrected chi connectivity index (χ2v) is 7.42. The smallest absolute Gasteiger partial charge is 0.242 e. The molecule has 0 N–H and O–H groups in total. The van der Waals surface area contributed by atoms with Crippen molar-refractivity contribution < 1.29 is 8.42 Å². The Morgan fingerprint density at radius 1 is 1.00 bits per heavy atom. The van der Waals surface area contributed by atoms with Crippen LogP contribution in [-0.4, -0.2) is 70.8 Å². The molecule has 0 aliphatic heterocycles. The molecule has 0 amide bonds. The average Bonchev–Trinajstić information content (AvgIpc) is 2.38. The van der Waals surface area contributed by atoms with Crippen LogP contribution < -0.4 is 0 Å². The topological polar surface area (TPSA) is 56.2 Å². The first-order valence-corrected chi connectivity index (χ1v) is 8.01. The Balaban J connectivity index is 3.20. The average molecular weight is 312 g/mol. The summed E-state index contributed by atoms with van der Waals surface area (Å²) in [7, 11) is 7.21. The van der Waals surface area contributed by atoms with Gasteiger partial charge >= 0.3 is 0 Å². The van der Waals surface area contributed by atoms with E-state index in [1.54, 1.807) is 18.2 Å². The van der Waals surface area contributed by atoms with E-state index in [1.807, 2.05) is 44.1 Å². The minimum Gasteiger partial charge on any atom is -0.349 e. The fraction of sp³-hybridized carbons (Fsp3) is 0.500. The molecule has 118 valence electrons. The quantitative estimate of drug-likeness (QED) is 0.613. The van der Waals surface area contributed by atoms with Gasteiger partial charge in [-0.2, -0.15) is 0 Å². The van der Waals surface area contributed by atoms with Gasteiger partial charge in [0.05, 0.1) is 11.4 Å². The molecule has 7 heteroatoms. The Morgan fingerprint density at radius 3 is 2.00 bits per heavy atom. The van der Waals surface area contributed by atoms with Crippen LogP contribution in [0.3, 0.4) is 0 Å². The molecule has 1 aromatic rings. The molecule has 0 fully saturated rings. The molecule has 1 rings (SSSR count). The van der Waals surface area contributed by atoms with Crippen molar-refractivity contribution in [2.45, 2.75) is 11.4 Å². The summed E-state index contributed by atoms with van der Waals surface area (Å²) in [6.07, 6.45) is 0. The molecule has 21 heavy (non-hydrogen) atoms. The summed E-state index contributed by atoms with van der Waals surface area (Å²) in [6, 6.07) is 6.96. The van der Waals surface area contributed by atoms with E-state index >= 15 is 0 Å². The maximum absolute atomic E-state index is 12.3. The highest BCUT2D eigenvalue weighted by molar-refractivity contribution is 7.89. The van der Waals surface area contributed by atoms with Crippen LogP contribution in [0.1, 0.15) is 5.56 Å². The Hall–Kier alpha value is -1.60. The number of guanidine groups is 1. The van der Waals surface area contributed by atoms with Gasteiger partial charge in [0.2, 0.25) is 10.0 Å². The van der Waals surface area contributed by atoms with Crippen LogP contribution in [0.25, 0.3) is 0 Å². The van der Waals surface area contributed by atoms with Crippen molar-refractivity contribution >= 4 is 16.0 Å². The van der Waals surface area contributed by atoms with E-state index in [0.717, 1.165) is 5.96 Å². The monoisotopic (exact) mass is 312 g/mol. The molecule has 0 atom stereocenters. The van der Waals surface area contributed by atoms with Crippen molar-refractivity contribution in [3.8, 4) is 0 Å². The standard InChI is InChI=1S/C14H24N4O2S/c1-16(2)14(17(3)4)15-11-12-9-7-8-10-13(12)21(19,20)18(5)6/h7-10H,11H2,1-6H3. The zero-order valence-corrected chi connectivity index (χ0v) is 14.3. The normalized spacial score (nSPS) is 11.4. The van der Waals surface area contributed by atoms with E-state index in [2.05, 4.69) is 4.99 Å². The first kappa shape index (κ1) is 17.5. The molecule has 0 spiro atoms. The molecule has 0 radical (unpaired) electrons. The van der Waals surface area contributed by atoms with Crippen LogP contribution >= 0.6 is 0 Å². The number of nitrogens with zero attached hydrogens (tertiary/aromatic N) is 4. The van der Waals surface area contributed by atoms with Gasteiger partial charge in [0.1, 0.15) is 0 Å². The Labute approximate surface area is 127 Å². The third-order valence-corrected chi connectivity index (χ3v) is 4.84. The van der Waals surface area contributed by atoms with E-state index in [1.165, 1.54) is 18.4 Å². The summed E-state index contributed by atoms with van der Waals surface area (Å²) in [5.74, 6) is 0.784. The first-order chi connectivity index (χ1) is 9.67. The lowest BCUT2D eigenvalue weighted by atomic mass is 10.2. The molecule has 0 saturated carbocycles. The van der Waals surface area contributed by atoms with Crippen LogP contribution in [-0.2, 0) is 16.6 Å². The molecular weight excluding hydrogens is 288 g/mol. The van der Waals surface area contributed by atoms with E-state index in [4.69, 9.17) is 0 Å². The number of benzene rings is 1. The van der Waals surface area contributed by atoms with Gasteiger partial charge in [-0.15, -0.1) is 0 Å². The lowest BCUT2D eigenvalue weighted by Gasteiger charge is -2.23. The number of hydrogen-bond donors (Lipinski definition) is 0. The highest BCUT2D eigenvalue weighted by atomic mass is 32.2. The van der Waals surface area contributed by atoms with Crippen molar-refractivity contribution in [2.75, 3.05) is 42.3 Å². The highest BCUT2D eigenvalue weighted by Gasteiger charge is 2.20. The van der Waals surface area contributed by atoms with Gasteiger partial charge < -0.3 is 9.80 Å². The van der Waals surface area contributed by atoms with Gasteiger partial charge in [0, 0.05) is 42.3 Å². The Morgan fingerprint density at radius 2 is 1.52 bits per heavy atom. The predicted molar refractivity (Wildman–Crippen MR) is 85.8 cm³/mol. The molecule has 0 saturated heterocycles. The van der Waals surface area contributed by atoms with E-state index in [9.17, 15) is 8.42 Å². The molecule has 0 bridgehead atoms. The summed E-state index contributed by atoms with van der Waals surface area (Å²) in [5.41, 5.74) is 0.687. The van der Waals surface area contributed by atoms with Crippen molar-refractivity contribution in [3.05, 3.63) is 29.8 Å². The Bertz CT molecular complexity index is 597. The lowest BCUT2D eigenvalue weighted by molar-refractivity contribution is 0.479. The zero-order valence-electron chi connectivity index (χ0n) is 13.5. The second-order valence-electron chi connectivity index (χ2n) is 5.30. The molecular formula is C14H24N4O2S. The summed E-state index contributed by atoms with van der Waals surface area (Å²) in [5, 5.41) is 0. The third-order valence-electron chi connectivity index (χ3n) is 2.92. The summed E-state index contributed by atoms with van der Waals surface area (Å²) < 4.78 is 25.9. The molecule has 0 unspecified atom stereocenters.